The number of benzene rings is 1. The lowest BCUT2D eigenvalue weighted by atomic mass is 10.1. The van der Waals surface area contributed by atoms with E-state index in [1.165, 1.54) is 16.8 Å². The molecule has 0 unspecified atom stereocenters. The van der Waals surface area contributed by atoms with Crippen molar-refractivity contribution in [2.75, 3.05) is 20.7 Å². The molecule has 0 fully saturated rings. The number of hydrogen-bond acceptors (Lipinski definition) is 2. The van der Waals surface area contributed by atoms with Crippen LogP contribution in [0.5, 0.6) is 0 Å². The van der Waals surface area contributed by atoms with Crippen LogP contribution < -0.4 is 5.32 Å². The molecule has 0 spiro atoms. The molecule has 2 aromatic rings. The van der Waals surface area contributed by atoms with Crippen molar-refractivity contribution in [3.05, 3.63) is 57.8 Å². The van der Waals surface area contributed by atoms with E-state index in [4.69, 9.17) is 4.74 Å². The van der Waals surface area contributed by atoms with E-state index < -0.39 is 0 Å². The molecular weight excluding hydrogens is 507 g/mol. The third-order valence-corrected chi connectivity index (χ3v) is 4.43. The van der Waals surface area contributed by atoms with E-state index in [1.807, 2.05) is 28.1 Å². The molecule has 7 heteroatoms. The van der Waals surface area contributed by atoms with Crippen LogP contribution in [0.15, 0.2) is 46.0 Å². The molecule has 1 heterocycles. The Morgan fingerprint density at radius 3 is 2.46 bits per heavy atom. The monoisotopic (exact) mass is 534 g/mol. The summed E-state index contributed by atoms with van der Waals surface area (Å²) in [6, 6.07) is 10.6. The van der Waals surface area contributed by atoms with Crippen LogP contribution in [-0.2, 0) is 31.5 Å². The number of nitrogens with zero attached hydrogens (tertiary/aromatic N) is 3. The van der Waals surface area contributed by atoms with Crippen molar-refractivity contribution in [1.29, 1.82) is 0 Å². The van der Waals surface area contributed by atoms with Crippen molar-refractivity contribution in [3.8, 4) is 0 Å². The van der Waals surface area contributed by atoms with Gasteiger partial charge in [0.1, 0.15) is 0 Å². The van der Waals surface area contributed by atoms with Gasteiger partial charge in [-0.1, -0.05) is 24.3 Å². The number of ether oxygens (including phenoxy) is 1. The van der Waals surface area contributed by atoms with Gasteiger partial charge in [-0.25, -0.2) is 0 Å². The van der Waals surface area contributed by atoms with E-state index in [0.29, 0.717) is 6.61 Å². The van der Waals surface area contributed by atoms with Crippen molar-refractivity contribution >= 4 is 45.9 Å². The van der Waals surface area contributed by atoms with E-state index >= 15 is 0 Å². The molecule has 0 aliphatic carbocycles. The molecule has 26 heavy (non-hydrogen) atoms. The molecule has 0 amide bonds. The molecule has 0 aliphatic rings. The summed E-state index contributed by atoms with van der Waals surface area (Å²) in [6.45, 7) is 4.94. The standard InChI is InChI=1S/C19H27BrN4O.HI/c1-5-25-14-16-8-6-15(7-9-16)11-22-19(21-2)24(4)13-18-10-17(20)12-23(18)3;/h6-10,12H,5,11,13-14H2,1-4H3,(H,21,22);1H. The third kappa shape index (κ3) is 6.92. The molecular formula is C19H28BrIN4O. The van der Waals surface area contributed by atoms with E-state index in [1.54, 1.807) is 0 Å². The summed E-state index contributed by atoms with van der Waals surface area (Å²) in [6.07, 6.45) is 2.06. The van der Waals surface area contributed by atoms with Gasteiger partial charge in [-0.3, -0.25) is 4.99 Å². The van der Waals surface area contributed by atoms with Gasteiger partial charge in [0, 0.05) is 50.7 Å². The smallest absolute Gasteiger partial charge is 0.194 e. The second kappa shape index (κ2) is 11.6. The maximum absolute atomic E-state index is 5.43. The molecule has 1 aromatic carbocycles. The molecule has 144 valence electrons. The molecule has 5 nitrogen and oxygen atoms in total. The zero-order valence-corrected chi connectivity index (χ0v) is 19.7. The number of guanidine groups is 1. The van der Waals surface area contributed by atoms with Crippen molar-refractivity contribution in [2.24, 2.45) is 12.0 Å². The Labute approximate surface area is 182 Å². The van der Waals surface area contributed by atoms with Crippen LogP contribution >= 0.6 is 39.9 Å². The highest BCUT2D eigenvalue weighted by Crippen LogP contribution is 2.15. The lowest BCUT2D eigenvalue weighted by Gasteiger charge is -2.22. The van der Waals surface area contributed by atoms with Gasteiger partial charge in [-0.05, 0) is 40.0 Å². The number of halogens is 2. The average Bonchev–Trinajstić information content (AvgIpc) is 2.91. The fourth-order valence-corrected chi connectivity index (χ4v) is 3.15. The average molecular weight is 535 g/mol. The number of hydrogen-bond donors (Lipinski definition) is 1. The summed E-state index contributed by atoms with van der Waals surface area (Å²) in [5, 5.41) is 3.42. The normalized spacial score (nSPS) is 11.2. The highest BCUT2D eigenvalue weighted by Gasteiger charge is 2.09. The minimum absolute atomic E-state index is 0. The van der Waals surface area contributed by atoms with Crippen LogP contribution in [0.25, 0.3) is 0 Å². The molecule has 0 aliphatic heterocycles. The van der Waals surface area contributed by atoms with E-state index in [9.17, 15) is 0 Å². The second-order valence-corrected chi connectivity index (χ2v) is 6.89. The molecule has 0 saturated heterocycles. The molecule has 1 N–H and O–H groups in total. The number of aryl methyl sites for hydroxylation is 1. The SMILES string of the molecule is CCOCc1ccc(CNC(=NC)N(C)Cc2cc(Br)cn2C)cc1.I. The van der Waals surface area contributed by atoms with Gasteiger partial charge in [0.2, 0.25) is 0 Å². The highest BCUT2D eigenvalue weighted by atomic mass is 127. The van der Waals surface area contributed by atoms with E-state index in [0.717, 1.165) is 30.1 Å². The minimum Gasteiger partial charge on any atom is -0.377 e. The Morgan fingerprint density at radius 2 is 1.92 bits per heavy atom. The number of aromatic nitrogens is 1. The molecule has 0 atom stereocenters. The lowest BCUT2D eigenvalue weighted by Crippen LogP contribution is -2.38. The lowest BCUT2D eigenvalue weighted by molar-refractivity contribution is 0.134. The summed E-state index contributed by atoms with van der Waals surface area (Å²) in [5.41, 5.74) is 3.63. The maximum atomic E-state index is 5.43. The summed E-state index contributed by atoms with van der Waals surface area (Å²) in [5.74, 6) is 0.871. The third-order valence-electron chi connectivity index (χ3n) is 3.99. The Kier molecular flexibility index (Phi) is 10.3. The van der Waals surface area contributed by atoms with Crippen LogP contribution in [0.2, 0.25) is 0 Å². The van der Waals surface area contributed by atoms with Crippen molar-refractivity contribution in [1.82, 2.24) is 14.8 Å². The zero-order chi connectivity index (χ0) is 18.2. The van der Waals surface area contributed by atoms with Gasteiger partial charge in [-0.2, -0.15) is 0 Å². The topological polar surface area (TPSA) is 41.8 Å². The number of rotatable bonds is 7. The summed E-state index contributed by atoms with van der Waals surface area (Å²) in [4.78, 5) is 6.50. The van der Waals surface area contributed by atoms with Gasteiger partial charge >= 0.3 is 0 Å². The second-order valence-electron chi connectivity index (χ2n) is 5.97. The van der Waals surface area contributed by atoms with Gasteiger partial charge in [0.25, 0.3) is 0 Å². The fraction of sp³-hybridized carbons (Fsp3) is 0.421. The number of aliphatic imine (C=N–C) groups is 1. The van der Waals surface area contributed by atoms with Crippen LogP contribution in [0.3, 0.4) is 0 Å². The summed E-state index contributed by atoms with van der Waals surface area (Å²) < 4.78 is 8.63. The predicted octanol–water partition coefficient (Wildman–Crippen LogP) is 4.15. The Hall–Kier alpha value is -1.06. The first-order chi connectivity index (χ1) is 12.0. The van der Waals surface area contributed by atoms with Crippen LogP contribution in [0.4, 0.5) is 0 Å². The predicted molar refractivity (Wildman–Crippen MR) is 122 cm³/mol. The number of nitrogens with one attached hydrogen (secondary N) is 1. The Bertz CT molecular complexity index is 700. The van der Waals surface area contributed by atoms with E-state index in [2.05, 4.69) is 72.2 Å². The first-order valence-corrected chi connectivity index (χ1v) is 9.20. The quantitative estimate of drug-likeness (QED) is 0.329. The van der Waals surface area contributed by atoms with Gasteiger partial charge in [-0.15, -0.1) is 24.0 Å². The van der Waals surface area contributed by atoms with Gasteiger partial charge < -0.3 is 19.5 Å². The van der Waals surface area contributed by atoms with E-state index in [-0.39, 0.29) is 24.0 Å². The first-order valence-electron chi connectivity index (χ1n) is 8.41. The van der Waals surface area contributed by atoms with Crippen LogP contribution in [-0.4, -0.2) is 36.1 Å². The van der Waals surface area contributed by atoms with Crippen LogP contribution in [0, 0.1) is 0 Å². The highest BCUT2D eigenvalue weighted by molar-refractivity contribution is 14.0. The molecule has 1 aromatic heterocycles. The summed E-state index contributed by atoms with van der Waals surface area (Å²) >= 11 is 3.52. The fourth-order valence-electron chi connectivity index (χ4n) is 2.58. The zero-order valence-electron chi connectivity index (χ0n) is 15.8. The van der Waals surface area contributed by atoms with Crippen molar-refractivity contribution < 1.29 is 4.74 Å². The molecule has 0 radical (unpaired) electrons. The molecule has 0 bridgehead atoms. The summed E-state index contributed by atoms with van der Waals surface area (Å²) in [7, 11) is 5.90. The Morgan fingerprint density at radius 1 is 1.27 bits per heavy atom. The van der Waals surface area contributed by atoms with Gasteiger partial charge in [0.05, 0.1) is 13.2 Å². The van der Waals surface area contributed by atoms with Crippen molar-refractivity contribution in [2.45, 2.75) is 26.6 Å². The molecule has 2 rings (SSSR count). The first kappa shape index (κ1) is 23.0. The van der Waals surface area contributed by atoms with Crippen LogP contribution in [0.1, 0.15) is 23.7 Å². The largest absolute Gasteiger partial charge is 0.377 e. The maximum Gasteiger partial charge on any atom is 0.194 e. The minimum atomic E-state index is 0. The molecule has 0 saturated carbocycles. The Balaban J connectivity index is 0.00000338. The van der Waals surface area contributed by atoms with Crippen molar-refractivity contribution in [3.63, 3.8) is 0 Å². The van der Waals surface area contributed by atoms with Gasteiger partial charge in [0.15, 0.2) is 5.96 Å².